The van der Waals surface area contributed by atoms with Gasteiger partial charge >= 0.3 is 0 Å². The van der Waals surface area contributed by atoms with Gasteiger partial charge in [0, 0.05) is 36.3 Å². The van der Waals surface area contributed by atoms with Crippen LogP contribution in [0.5, 0.6) is 34.5 Å². The van der Waals surface area contributed by atoms with Gasteiger partial charge in [-0.15, -0.1) is 0 Å². The van der Waals surface area contributed by atoms with Gasteiger partial charge in [-0.05, 0) is 122 Å². The van der Waals surface area contributed by atoms with Crippen LogP contribution in [0.1, 0.15) is 45.5 Å². The Morgan fingerprint density at radius 3 is 1.45 bits per heavy atom. The first kappa shape index (κ1) is 32.5. The van der Waals surface area contributed by atoms with Crippen LogP contribution in [-0.2, 0) is 25.7 Å². The predicted octanol–water partition coefficient (Wildman–Crippen LogP) is 6.65. The van der Waals surface area contributed by atoms with E-state index in [-0.39, 0.29) is 17.8 Å². The highest BCUT2D eigenvalue weighted by Gasteiger charge is 2.29. The summed E-state index contributed by atoms with van der Waals surface area (Å²) in [4.78, 5) is 4.81. The van der Waals surface area contributed by atoms with Crippen LogP contribution in [0.4, 0.5) is 0 Å². The molecule has 8 heteroatoms. The van der Waals surface area contributed by atoms with Crippen molar-refractivity contribution < 1.29 is 28.8 Å². The van der Waals surface area contributed by atoms with Crippen molar-refractivity contribution in [3.05, 3.63) is 94.0 Å². The second-order valence-corrected chi connectivity index (χ2v) is 12.6. The van der Waals surface area contributed by atoms with Crippen LogP contribution < -0.4 is 23.7 Å². The summed E-state index contributed by atoms with van der Waals surface area (Å²) in [6, 6.07) is 21.4. The van der Waals surface area contributed by atoms with E-state index in [0.29, 0.717) is 5.75 Å². The van der Waals surface area contributed by atoms with Gasteiger partial charge in [0.15, 0.2) is 23.0 Å². The summed E-state index contributed by atoms with van der Waals surface area (Å²) >= 11 is 0. The van der Waals surface area contributed by atoms with Crippen molar-refractivity contribution in [1.29, 1.82) is 0 Å². The minimum Gasteiger partial charge on any atom is -0.504 e. The first-order valence-electron chi connectivity index (χ1n) is 16.2. The molecular weight excluding hydrogens is 592 g/mol. The number of phenolic OH excluding ortho intramolecular Hbond substituents is 1. The molecular formula is C39H46N2O6. The first-order chi connectivity index (χ1) is 22.8. The van der Waals surface area contributed by atoms with E-state index in [1.165, 1.54) is 33.4 Å². The van der Waals surface area contributed by atoms with Crippen LogP contribution >= 0.6 is 0 Å². The van der Waals surface area contributed by atoms with Crippen molar-refractivity contribution in [3.63, 3.8) is 0 Å². The highest BCUT2D eigenvalue weighted by atomic mass is 16.5. The largest absolute Gasteiger partial charge is 0.504 e. The van der Waals surface area contributed by atoms with Crippen LogP contribution in [-0.4, -0.2) is 77.6 Å². The van der Waals surface area contributed by atoms with Gasteiger partial charge in [0.25, 0.3) is 0 Å². The fourth-order valence-electron chi connectivity index (χ4n) is 7.32. The lowest BCUT2D eigenvalue weighted by Crippen LogP contribution is -2.33. The molecule has 0 bridgehead atoms. The quantitative estimate of drug-likeness (QED) is 0.207. The number of aromatic hydroxyl groups is 1. The molecule has 0 spiro atoms. The second kappa shape index (κ2) is 13.8. The van der Waals surface area contributed by atoms with E-state index in [4.69, 9.17) is 23.7 Å². The lowest BCUT2D eigenvalue weighted by Gasteiger charge is -2.35. The number of fused-ring (bicyclic) bond motifs is 2. The molecule has 1 N–H and O–H groups in total. The summed E-state index contributed by atoms with van der Waals surface area (Å²) < 4.78 is 28.6. The maximum atomic E-state index is 10.4. The number of methoxy groups -OCH3 is 5. The number of benzene rings is 4. The lowest BCUT2D eigenvalue weighted by atomic mass is 9.87. The number of phenols is 1. The standard InChI is InChI=1S/C39H46N2O6/c1-40-14-12-26-20-34(42)37(45-5)22-28(26)32(40)18-24-8-10-35(43-3)30(16-24)31-17-25(9-11-36(31)44-4)19-33-29-23-39(47-7)38(46-6)21-27(29)13-15-41(33)2/h8-11,16-17,20-23,32-33,42H,12-15,18-19H2,1-7H3/t32-,33+/m1/s1. The SMILES string of the molecule is COc1cc2c(cc1O)CCN(C)[C@@H]2Cc1ccc(OC)c(-c2cc(C[C@H]3c4cc(OC)c(OC)cc4CCN3C)ccc2OC)c1. The van der Waals surface area contributed by atoms with Gasteiger partial charge in [-0.3, -0.25) is 9.80 Å². The van der Waals surface area contributed by atoms with E-state index in [2.05, 4.69) is 72.4 Å². The Bertz CT molecular complexity index is 1750. The summed E-state index contributed by atoms with van der Waals surface area (Å²) in [7, 11) is 12.8. The Morgan fingerprint density at radius 2 is 0.979 bits per heavy atom. The third kappa shape index (κ3) is 6.32. The zero-order valence-electron chi connectivity index (χ0n) is 28.6. The molecule has 8 nitrogen and oxygen atoms in total. The van der Waals surface area contributed by atoms with Crippen LogP contribution in [0.15, 0.2) is 60.7 Å². The number of likely N-dealkylation sites (N-methyl/N-ethyl adjacent to an activating group) is 2. The Morgan fingerprint density at radius 1 is 0.553 bits per heavy atom. The minimum absolute atomic E-state index is 0.139. The molecule has 4 aromatic rings. The minimum atomic E-state index is 0.139. The molecule has 2 atom stereocenters. The van der Waals surface area contributed by atoms with Crippen LogP contribution in [0, 0.1) is 0 Å². The van der Waals surface area contributed by atoms with Gasteiger partial charge in [-0.1, -0.05) is 12.1 Å². The average molecular weight is 639 g/mol. The smallest absolute Gasteiger partial charge is 0.161 e. The van der Waals surface area contributed by atoms with E-state index in [0.717, 1.165) is 72.9 Å². The molecule has 0 fully saturated rings. The zero-order valence-corrected chi connectivity index (χ0v) is 28.6. The first-order valence-corrected chi connectivity index (χ1v) is 16.2. The maximum Gasteiger partial charge on any atom is 0.161 e. The van der Waals surface area contributed by atoms with Gasteiger partial charge in [-0.2, -0.15) is 0 Å². The molecule has 248 valence electrons. The normalized spacial score (nSPS) is 17.9. The average Bonchev–Trinajstić information content (AvgIpc) is 3.09. The predicted molar refractivity (Wildman–Crippen MR) is 185 cm³/mol. The molecule has 0 saturated heterocycles. The number of hydrogen-bond donors (Lipinski definition) is 1. The van der Waals surface area contributed by atoms with Crippen molar-refractivity contribution in [2.75, 3.05) is 62.7 Å². The van der Waals surface area contributed by atoms with Crippen LogP contribution in [0.25, 0.3) is 11.1 Å². The highest BCUT2D eigenvalue weighted by molar-refractivity contribution is 5.77. The van der Waals surface area contributed by atoms with Crippen molar-refractivity contribution in [2.24, 2.45) is 0 Å². The van der Waals surface area contributed by atoms with Crippen molar-refractivity contribution in [2.45, 2.75) is 37.8 Å². The summed E-state index contributed by atoms with van der Waals surface area (Å²) in [6.07, 6.45) is 3.48. The van der Waals surface area contributed by atoms with Crippen LogP contribution in [0.3, 0.4) is 0 Å². The van der Waals surface area contributed by atoms with E-state index < -0.39 is 0 Å². The maximum absolute atomic E-state index is 10.4. The zero-order chi connectivity index (χ0) is 33.2. The summed E-state index contributed by atoms with van der Waals surface area (Å²) in [6.45, 7) is 1.88. The van der Waals surface area contributed by atoms with Crippen molar-refractivity contribution in [3.8, 4) is 45.6 Å². The van der Waals surface area contributed by atoms with Gasteiger partial charge in [0.1, 0.15) is 11.5 Å². The molecule has 2 aliphatic rings. The number of ether oxygens (including phenoxy) is 5. The lowest BCUT2D eigenvalue weighted by molar-refractivity contribution is 0.228. The monoisotopic (exact) mass is 638 g/mol. The molecule has 2 aliphatic heterocycles. The molecule has 0 aliphatic carbocycles. The van der Waals surface area contributed by atoms with E-state index in [1.54, 1.807) is 35.5 Å². The van der Waals surface area contributed by atoms with Gasteiger partial charge < -0.3 is 28.8 Å². The fourth-order valence-corrected chi connectivity index (χ4v) is 7.32. The highest BCUT2D eigenvalue weighted by Crippen LogP contribution is 2.43. The van der Waals surface area contributed by atoms with Crippen LogP contribution in [0.2, 0.25) is 0 Å². The molecule has 0 aromatic heterocycles. The Labute approximate surface area is 278 Å². The number of rotatable bonds is 10. The Hall–Kier alpha value is -4.40. The third-order valence-electron chi connectivity index (χ3n) is 10.0. The Balaban J connectivity index is 1.36. The number of nitrogens with zero attached hydrogens (tertiary/aromatic N) is 2. The van der Waals surface area contributed by atoms with Gasteiger partial charge in [0.05, 0.1) is 35.5 Å². The number of hydrogen-bond acceptors (Lipinski definition) is 8. The summed E-state index contributed by atoms with van der Waals surface area (Å²) in [5.74, 6) is 3.82. The fraction of sp³-hybridized carbons (Fsp3) is 0.385. The molecule has 4 aromatic carbocycles. The van der Waals surface area contributed by atoms with Crippen molar-refractivity contribution in [1.82, 2.24) is 9.80 Å². The summed E-state index contributed by atoms with van der Waals surface area (Å²) in [5.41, 5.74) is 9.32. The van der Waals surface area contributed by atoms with Crippen molar-refractivity contribution >= 4 is 0 Å². The van der Waals surface area contributed by atoms with Gasteiger partial charge in [-0.25, -0.2) is 0 Å². The van der Waals surface area contributed by atoms with E-state index >= 15 is 0 Å². The molecule has 47 heavy (non-hydrogen) atoms. The molecule has 0 amide bonds. The molecule has 0 radical (unpaired) electrons. The summed E-state index contributed by atoms with van der Waals surface area (Å²) in [5, 5.41) is 10.4. The molecule has 0 saturated carbocycles. The molecule has 6 rings (SSSR count). The topological polar surface area (TPSA) is 72.9 Å². The third-order valence-corrected chi connectivity index (χ3v) is 10.0. The van der Waals surface area contributed by atoms with E-state index in [1.807, 2.05) is 12.1 Å². The Kier molecular flexibility index (Phi) is 9.52. The van der Waals surface area contributed by atoms with Gasteiger partial charge in [0.2, 0.25) is 0 Å². The second-order valence-electron chi connectivity index (χ2n) is 12.6. The molecule has 2 heterocycles. The molecule has 0 unspecified atom stereocenters. The van der Waals surface area contributed by atoms with E-state index in [9.17, 15) is 5.11 Å².